The highest BCUT2D eigenvalue weighted by Gasteiger charge is 2.31. The number of aryl methyl sites for hydroxylation is 1. The van der Waals surface area contributed by atoms with Crippen molar-refractivity contribution in [1.82, 2.24) is 5.32 Å². The van der Waals surface area contributed by atoms with E-state index < -0.39 is 18.0 Å². The molecule has 7 nitrogen and oxygen atoms in total. The van der Waals surface area contributed by atoms with Crippen LogP contribution in [0.2, 0.25) is 0 Å². The van der Waals surface area contributed by atoms with Crippen LogP contribution < -0.4 is 10.6 Å². The fourth-order valence-corrected chi connectivity index (χ4v) is 3.06. The minimum absolute atomic E-state index is 0.139. The number of hydrogen-bond donors (Lipinski definition) is 2. The van der Waals surface area contributed by atoms with E-state index in [1.54, 1.807) is 48.5 Å². The van der Waals surface area contributed by atoms with Crippen molar-refractivity contribution < 1.29 is 23.5 Å². The van der Waals surface area contributed by atoms with Gasteiger partial charge in [0.05, 0.1) is 11.8 Å². The summed E-state index contributed by atoms with van der Waals surface area (Å²) in [6.45, 7) is 1.81. The highest BCUT2D eigenvalue weighted by molar-refractivity contribution is 6.03. The molecule has 0 saturated heterocycles. The van der Waals surface area contributed by atoms with Gasteiger partial charge in [0.25, 0.3) is 11.8 Å². The standard InChI is InChI=1S/C24H22N2O5/c1-15-9-10-17(14-19(15)26-22(27)20-8-5-13-30-20)24(29)31-21(16-6-3-2-4-7-16)23(28)25-18-11-12-18/h2-10,13-14,18,21H,11-12H2,1H3,(H,25,28)(H,26,27). The number of rotatable bonds is 7. The topological polar surface area (TPSA) is 97.6 Å². The fourth-order valence-electron chi connectivity index (χ4n) is 3.06. The molecule has 1 unspecified atom stereocenters. The van der Waals surface area contributed by atoms with Crippen LogP contribution in [0, 0.1) is 6.92 Å². The number of ether oxygens (including phenoxy) is 1. The maximum atomic E-state index is 12.9. The number of carbonyl (C=O) groups excluding carboxylic acids is 3. The number of furan rings is 1. The van der Waals surface area contributed by atoms with Crippen LogP contribution in [0.3, 0.4) is 0 Å². The molecule has 2 N–H and O–H groups in total. The number of amides is 2. The Hall–Kier alpha value is -3.87. The molecule has 1 aromatic heterocycles. The van der Waals surface area contributed by atoms with Crippen LogP contribution in [0.25, 0.3) is 0 Å². The maximum absolute atomic E-state index is 12.9. The van der Waals surface area contributed by atoms with Gasteiger partial charge in [0, 0.05) is 17.3 Å². The lowest BCUT2D eigenvalue weighted by molar-refractivity contribution is -0.130. The van der Waals surface area contributed by atoms with Gasteiger partial charge in [-0.1, -0.05) is 36.4 Å². The van der Waals surface area contributed by atoms with Gasteiger partial charge < -0.3 is 19.8 Å². The second-order valence-electron chi connectivity index (χ2n) is 7.44. The largest absolute Gasteiger partial charge is 0.459 e. The van der Waals surface area contributed by atoms with Crippen LogP contribution in [-0.2, 0) is 9.53 Å². The molecule has 2 amide bonds. The highest BCUT2D eigenvalue weighted by atomic mass is 16.5. The van der Waals surface area contributed by atoms with Gasteiger partial charge in [-0.2, -0.15) is 0 Å². The Morgan fingerprint density at radius 3 is 2.48 bits per heavy atom. The van der Waals surface area contributed by atoms with Gasteiger partial charge in [0.1, 0.15) is 0 Å². The van der Waals surface area contributed by atoms with E-state index in [2.05, 4.69) is 10.6 Å². The van der Waals surface area contributed by atoms with Gasteiger partial charge >= 0.3 is 5.97 Å². The number of benzene rings is 2. The van der Waals surface area contributed by atoms with E-state index in [4.69, 9.17) is 9.15 Å². The zero-order valence-corrected chi connectivity index (χ0v) is 17.0. The Morgan fingerprint density at radius 1 is 1.03 bits per heavy atom. The lowest BCUT2D eigenvalue weighted by atomic mass is 10.1. The van der Waals surface area contributed by atoms with E-state index in [0.29, 0.717) is 11.3 Å². The first-order valence-electron chi connectivity index (χ1n) is 10.0. The molecule has 0 radical (unpaired) electrons. The second kappa shape index (κ2) is 8.87. The molecule has 4 rings (SSSR count). The van der Waals surface area contributed by atoms with Crippen LogP contribution in [0.5, 0.6) is 0 Å². The summed E-state index contributed by atoms with van der Waals surface area (Å²) >= 11 is 0. The van der Waals surface area contributed by atoms with Gasteiger partial charge in [-0.25, -0.2) is 4.79 Å². The van der Waals surface area contributed by atoms with Gasteiger partial charge in [-0.3, -0.25) is 9.59 Å². The Bertz CT molecular complexity index is 1090. The lowest BCUT2D eigenvalue weighted by Gasteiger charge is -2.18. The zero-order valence-electron chi connectivity index (χ0n) is 17.0. The summed E-state index contributed by atoms with van der Waals surface area (Å²) in [7, 11) is 0. The molecule has 0 bridgehead atoms. The molecule has 1 atom stereocenters. The summed E-state index contributed by atoms with van der Waals surface area (Å²) in [5.74, 6) is -1.27. The van der Waals surface area contributed by atoms with Gasteiger partial charge in [0.2, 0.25) is 6.10 Å². The van der Waals surface area contributed by atoms with Crippen LogP contribution in [0.1, 0.15) is 51.0 Å². The molecular formula is C24H22N2O5. The quantitative estimate of drug-likeness (QED) is 0.565. The third-order valence-corrected chi connectivity index (χ3v) is 4.96. The maximum Gasteiger partial charge on any atom is 0.339 e. The summed E-state index contributed by atoms with van der Waals surface area (Å²) in [6, 6.07) is 17.0. The number of esters is 1. The SMILES string of the molecule is Cc1ccc(C(=O)OC(C(=O)NC2CC2)c2ccccc2)cc1NC(=O)c1ccco1. The molecule has 1 saturated carbocycles. The van der Waals surface area contributed by atoms with Crippen molar-refractivity contribution >= 4 is 23.5 Å². The first kappa shape index (κ1) is 20.4. The molecular weight excluding hydrogens is 396 g/mol. The van der Waals surface area contributed by atoms with E-state index >= 15 is 0 Å². The molecule has 1 aliphatic rings. The molecule has 0 spiro atoms. The number of carbonyl (C=O) groups is 3. The molecule has 3 aromatic rings. The zero-order chi connectivity index (χ0) is 21.8. The monoisotopic (exact) mass is 418 g/mol. The Balaban J connectivity index is 1.53. The molecule has 7 heteroatoms. The van der Waals surface area contributed by atoms with Crippen molar-refractivity contribution in [3.63, 3.8) is 0 Å². The number of hydrogen-bond acceptors (Lipinski definition) is 5. The van der Waals surface area contributed by atoms with Crippen LogP contribution in [-0.4, -0.2) is 23.8 Å². The van der Waals surface area contributed by atoms with Crippen molar-refractivity contribution in [1.29, 1.82) is 0 Å². The van der Waals surface area contributed by atoms with Crippen molar-refractivity contribution in [2.75, 3.05) is 5.32 Å². The summed E-state index contributed by atoms with van der Waals surface area (Å²) < 4.78 is 10.7. The average Bonchev–Trinajstić information content (AvgIpc) is 3.41. The third kappa shape index (κ3) is 5.01. The average molecular weight is 418 g/mol. The summed E-state index contributed by atoms with van der Waals surface area (Å²) in [6.07, 6.45) is 2.21. The Labute approximate surface area is 179 Å². The molecule has 1 heterocycles. The second-order valence-corrected chi connectivity index (χ2v) is 7.44. The molecule has 31 heavy (non-hydrogen) atoms. The number of nitrogens with one attached hydrogen (secondary N) is 2. The van der Waals surface area contributed by atoms with Gasteiger partial charge in [-0.05, 0) is 49.6 Å². The Kier molecular flexibility index (Phi) is 5.84. The predicted molar refractivity (Wildman–Crippen MR) is 114 cm³/mol. The Morgan fingerprint density at radius 2 is 1.81 bits per heavy atom. The predicted octanol–water partition coefficient (Wildman–Crippen LogP) is 4.02. The summed E-state index contributed by atoms with van der Waals surface area (Å²) in [5, 5.41) is 5.62. The van der Waals surface area contributed by atoms with Crippen molar-refractivity contribution in [2.24, 2.45) is 0 Å². The van der Waals surface area contributed by atoms with E-state index in [0.717, 1.165) is 18.4 Å². The normalized spacial score (nSPS) is 13.8. The molecule has 2 aromatic carbocycles. The smallest absolute Gasteiger partial charge is 0.339 e. The van der Waals surface area contributed by atoms with E-state index in [9.17, 15) is 14.4 Å². The van der Waals surface area contributed by atoms with Crippen LogP contribution >= 0.6 is 0 Å². The summed E-state index contributed by atoms with van der Waals surface area (Å²) in [5.41, 5.74) is 2.03. The van der Waals surface area contributed by atoms with Gasteiger partial charge in [-0.15, -0.1) is 0 Å². The third-order valence-electron chi connectivity index (χ3n) is 4.96. The van der Waals surface area contributed by atoms with Crippen molar-refractivity contribution in [3.05, 3.63) is 89.4 Å². The van der Waals surface area contributed by atoms with E-state index in [1.165, 1.54) is 12.3 Å². The van der Waals surface area contributed by atoms with Crippen LogP contribution in [0.15, 0.2) is 71.3 Å². The highest BCUT2D eigenvalue weighted by Crippen LogP contribution is 2.25. The molecule has 1 aliphatic carbocycles. The van der Waals surface area contributed by atoms with Crippen LogP contribution in [0.4, 0.5) is 5.69 Å². The van der Waals surface area contributed by atoms with Gasteiger partial charge in [0.15, 0.2) is 5.76 Å². The van der Waals surface area contributed by atoms with Crippen molar-refractivity contribution in [2.45, 2.75) is 31.9 Å². The van der Waals surface area contributed by atoms with Crippen molar-refractivity contribution in [3.8, 4) is 0 Å². The molecule has 1 fully saturated rings. The first-order chi connectivity index (χ1) is 15.0. The minimum atomic E-state index is -1.06. The minimum Gasteiger partial charge on any atom is -0.459 e. The lowest BCUT2D eigenvalue weighted by Crippen LogP contribution is -2.33. The fraction of sp³-hybridized carbons (Fsp3) is 0.208. The van der Waals surface area contributed by atoms with E-state index in [-0.39, 0.29) is 23.3 Å². The number of anilines is 1. The first-order valence-corrected chi connectivity index (χ1v) is 10.0. The molecule has 158 valence electrons. The van der Waals surface area contributed by atoms with E-state index in [1.807, 2.05) is 13.0 Å². The molecule has 0 aliphatic heterocycles. The summed E-state index contributed by atoms with van der Waals surface area (Å²) in [4.78, 5) is 37.9.